The van der Waals surface area contributed by atoms with E-state index in [2.05, 4.69) is 55.3 Å². The average molecular weight is 294 g/mol. The van der Waals surface area contributed by atoms with Crippen LogP contribution in [0.4, 0.5) is 0 Å². The summed E-state index contributed by atoms with van der Waals surface area (Å²) in [4.78, 5) is 16.9. The number of carbonyl (C=O) groups is 1. The summed E-state index contributed by atoms with van der Waals surface area (Å²) < 4.78 is 0. The van der Waals surface area contributed by atoms with Crippen LogP contribution in [0.3, 0.4) is 0 Å². The van der Waals surface area contributed by atoms with E-state index < -0.39 is 8.07 Å². The summed E-state index contributed by atoms with van der Waals surface area (Å²) in [6.45, 7) is 10.7. The molecule has 1 N–H and O–H groups in total. The molecule has 0 saturated carbocycles. The predicted molar refractivity (Wildman–Crippen MR) is 84.2 cm³/mol. The Hall–Kier alpha value is -1.12. The van der Waals surface area contributed by atoms with E-state index in [1.165, 1.54) is 11.3 Å². The van der Waals surface area contributed by atoms with Gasteiger partial charge in [0.2, 0.25) is 0 Å². The van der Waals surface area contributed by atoms with E-state index in [-0.39, 0.29) is 11.9 Å². The standard InChI is InChI=1S/C14H22N2OSSi/c1-6-11(7-2)16-14(17)12-10-15-13(18-12)8-9-19(3,4)5/h10-11H,6-7H2,1-5H3,(H,16,17). The maximum Gasteiger partial charge on any atom is 0.263 e. The molecule has 5 heteroatoms. The summed E-state index contributed by atoms with van der Waals surface area (Å²) in [6, 6.07) is 0.242. The quantitative estimate of drug-likeness (QED) is 0.684. The number of nitrogens with one attached hydrogen (secondary N) is 1. The van der Waals surface area contributed by atoms with Crippen molar-refractivity contribution < 1.29 is 4.79 Å². The van der Waals surface area contributed by atoms with Crippen molar-refractivity contribution in [2.24, 2.45) is 0 Å². The number of rotatable bonds is 4. The molecule has 1 aromatic heterocycles. The van der Waals surface area contributed by atoms with E-state index in [9.17, 15) is 4.79 Å². The van der Waals surface area contributed by atoms with Crippen LogP contribution in [-0.4, -0.2) is 25.0 Å². The Morgan fingerprint density at radius 3 is 2.58 bits per heavy atom. The van der Waals surface area contributed by atoms with E-state index in [0.717, 1.165) is 17.8 Å². The van der Waals surface area contributed by atoms with Gasteiger partial charge in [-0.2, -0.15) is 0 Å². The van der Waals surface area contributed by atoms with Gasteiger partial charge in [0.05, 0.1) is 6.20 Å². The second kappa shape index (κ2) is 6.87. The molecule has 1 heterocycles. The topological polar surface area (TPSA) is 42.0 Å². The van der Waals surface area contributed by atoms with Gasteiger partial charge in [-0.05, 0) is 18.8 Å². The smallest absolute Gasteiger partial charge is 0.263 e. The van der Waals surface area contributed by atoms with Gasteiger partial charge in [0.15, 0.2) is 5.01 Å². The van der Waals surface area contributed by atoms with E-state index in [0.29, 0.717) is 4.88 Å². The van der Waals surface area contributed by atoms with Gasteiger partial charge >= 0.3 is 0 Å². The van der Waals surface area contributed by atoms with Crippen LogP contribution in [-0.2, 0) is 0 Å². The summed E-state index contributed by atoms with van der Waals surface area (Å²) in [5.74, 6) is 3.05. The van der Waals surface area contributed by atoms with Gasteiger partial charge < -0.3 is 5.32 Å². The Labute approximate surface area is 120 Å². The molecule has 0 atom stereocenters. The molecule has 0 aliphatic carbocycles. The van der Waals surface area contributed by atoms with Crippen LogP contribution in [0.5, 0.6) is 0 Å². The van der Waals surface area contributed by atoms with Crippen LogP contribution in [0.2, 0.25) is 19.6 Å². The molecule has 0 aromatic carbocycles. The summed E-state index contributed by atoms with van der Waals surface area (Å²) >= 11 is 1.37. The summed E-state index contributed by atoms with van der Waals surface area (Å²) in [5, 5.41) is 3.74. The number of thiazole rings is 1. The van der Waals surface area contributed by atoms with E-state index in [1.54, 1.807) is 6.20 Å². The fraction of sp³-hybridized carbons (Fsp3) is 0.571. The van der Waals surface area contributed by atoms with Crippen molar-refractivity contribution in [1.29, 1.82) is 0 Å². The number of carbonyl (C=O) groups excluding carboxylic acids is 1. The highest BCUT2D eigenvalue weighted by atomic mass is 32.1. The zero-order valence-corrected chi connectivity index (χ0v) is 14.1. The number of hydrogen-bond acceptors (Lipinski definition) is 3. The van der Waals surface area contributed by atoms with Gasteiger partial charge in [0, 0.05) is 6.04 Å². The zero-order chi connectivity index (χ0) is 14.5. The third-order valence-electron chi connectivity index (χ3n) is 2.59. The van der Waals surface area contributed by atoms with Crippen molar-refractivity contribution in [2.75, 3.05) is 0 Å². The number of nitrogens with zero attached hydrogens (tertiary/aromatic N) is 1. The lowest BCUT2D eigenvalue weighted by Gasteiger charge is -2.13. The molecule has 0 fully saturated rings. The third-order valence-corrected chi connectivity index (χ3v) is 4.38. The van der Waals surface area contributed by atoms with Crippen LogP contribution in [0.25, 0.3) is 0 Å². The monoisotopic (exact) mass is 294 g/mol. The molecule has 1 amide bonds. The lowest BCUT2D eigenvalue weighted by Crippen LogP contribution is -2.33. The minimum Gasteiger partial charge on any atom is -0.349 e. The molecule has 19 heavy (non-hydrogen) atoms. The maximum absolute atomic E-state index is 12.0. The van der Waals surface area contributed by atoms with Gasteiger partial charge in [0.25, 0.3) is 5.91 Å². The Balaban J connectivity index is 2.73. The number of hydrogen-bond donors (Lipinski definition) is 1. The molecule has 104 valence electrons. The van der Waals surface area contributed by atoms with Crippen molar-refractivity contribution in [2.45, 2.75) is 52.4 Å². The highest BCUT2D eigenvalue weighted by Gasteiger charge is 2.13. The second-order valence-corrected chi connectivity index (χ2v) is 11.3. The summed E-state index contributed by atoms with van der Waals surface area (Å²) in [6.07, 6.45) is 3.52. The molecule has 0 unspecified atom stereocenters. The third kappa shape index (κ3) is 5.58. The van der Waals surface area contributed by atoms with Gasteiger partial charge in [-0.15, -0.1) is 16.9 Å². The molecule has 0 spiro atoms. The second-order valence-electron chi connectivity index (χ2n) is 5.52. The van der Waals surface area contributed by atoms with E-state index >= 15 is 0 Å². The van der Waals surface area contributed by atoms with E-state index in [4.69, 9.17) is 0 Å². The van der Waals surface area contributed by atoms with Gasteiger partial charge in [-0.1, -0.05) is 33.5 Å². The van der Waals surface area contributed by atoms with Crippen LogP contribution in [0.15, 0.2) is 6.20 Å². The van der Waals surface area contributed by atoms with Gasteiger partial charge in [-0.3, -0.25) is 4.79 Å². The average Bonchev–Trinajstić information content (AvgIpc) is 2.81. The summed E-state index contributed by atoms with van der Waals surface area (Å²) in [5.41, 5.74) is 3.26. The molecule has 0 bridgehead atoms. The predicted octanol–water partition coefficient (Wildman–Crippen LogP) is 3.29. The van der Waals surface area contributed by atoms with Crippen LogP contribution in [0.1, 0.15) is 41.4 Å². The Bertz CT molecular complexity index is 490. The molecule has 1 rings (SSSR count). The van der Waals surface area contributed by atoms with Crippen molar-refractivity contribution in [3.63, 3.8) is 0 Å². The van der Waals surface area contributed by atoms with Crippen LogP contribution >= 0.6 is 11.3 Å². The highest BCUT2D eigenvalue weighted by molar-refractivity contribution is 7.14. The Morgan fingerprint density at radius 1 is 1.42 bits per heavy atom. The number of aromatic nitrogens is 1. The van der Waals surface area contributed by atoms with Crippen molar-refractivity contribution in [1.82, 2.24) is 10.3 Å². The largest absolute Gasteiger partial charge is 0.349 e. The molecule has 3 nitrogen and oxygen atoms in total. The van der Waals surface area contributed by atoms with Crippen LogP contribution in [0, 0.1) is 11.5 Å². The first-order chi connectivity index (χ1) is 8.85. The zero-order valence-electron chi connectivity index (χ0n) is 12.3. The normalized spacial score (nSPS) is 11.1. The van der Waals surface area contributed by atoms with Gasteiger partial charge in [-0.25, -0.2) is 4.98 Å². The molecule has 0 radical (unpaired) electrons. The highest BCUT2D eigenvalue weighted by Crippen LogP contribution is 2.13. The summed E-state index contributed by atoms with van der Waals surface area (Å²) in [7, 11) is -1.39. The molecule has 0 aliphatic heterocycles. The van der Waals surface area contributed by atoms with Gasteiger partial charge in [0.1, 0.15) is 13.0 Å². The van der Waals surface area contributed by atoms with Crippen molar-refractivity contribution in [3.05, 3.63) is 16.1 Å². The van der Waals surface area contributed by atoms with E-state index in [1.807, 2.05) is 0 Å². The SMILES string of the molecule is CCC(CC)NC(=O)c1cnc(C#C[Si](C)(C)C)s1. The van der Waals surface area contributed by atoms with Crippen molar-refractivity contribution in [3.8, 4) is 11.5 Å². The minimum absolute atomic E-state index is 0.0350. The first kappa shape index (κ1) is 15.9. The number of amides is 1. The Morgan fingerprint density at radius 2 is 2.05 bits per heavy atom. The van der Waals surface area contributed by atoms with Crippen LogP contribution < -0.4 is 5.32 Å². The Kier molecular flexibility index (Phi) is 5.76. The lowest BCUT2D eigenvalue weighted by molar-refractivity contribution is 0.0939. The fourth-order valence-corrected chi connectivity index (χ4v) is 2.68. The lowest BCUT2D eigenvalue weighted by atomic mass is 10.2. The fourth-order valence-electron chi connectivity index (χ4n) is 1.43. The molecule has 1 aromatic rings. The first-order valence-electron chi connectivity index (χ1n) is 6.65. The molecule has 0 aliphatic rings. The molecule has 0 saturated heterocycles. The minimum atomic E-state index is -1.39. The molecular formula is C14H22N2OSSi. The first-order valence-corrected chi connectivity index (χ1v) is 11.0. The maximum atomic E-state index is 12.0. The molecular weight excluding hydrogens is 272 g/mol. The van der Waals surface area contributed by atoms with Crippen molar-refractivity contribution >= 4 is 25.3 Å².